The lowest BCUT2D eigenvalue weighted by molar-refractivity contribution is 0.0526. The monoisotopic (exact) mass is 503 g/mol. The Morgan fingerprint density at radius 2 is 1.06 bits per heavy atom. The minimum absolute atomic E-state index is 0.247. The average molecular weight is 504 g/mol. The van der Waals surface area contributed by atoms with Crippen LogP contribution in [0.5, 0.6) is 0 Å². The lowest BCUT2D eigenvalue weighted by atomic mass is 10.0. The summed E-state index contributed by atoms with van der Waals surface area (Å²) in [5.41, 5.74) is 1.69. The van der Waals surface area contributed by atoms with E-state index in [1.807, 2.05) is 31.2 Å². The van der Waals surface area contributed by atoms with Crippen molar-refractivity contribution >= 4 is 19.7 Å². The van der Waals surface area contributed by atoms with Gasteiger partial charge >= 0.3 is 5.97 Å². The van der Waals surface area contributed by atoms with Gasteiger partial charge in [-0.1, -0.05) is 128 Å². The first-order valence-electron chi connectivity index (χ1n) is 14.9. The van der Waals surface area contributed by atoms with Gasteiger partial charge < -0.3 is 10.1 Å². The number of carbonyl (C=O) groups is 1. The molecule has 0 aromatic heterocycles. The van der Waals surface area contributed by atoms with E-state index in [4.69, 9.17) is 4.74 Å². The van der Waals surface area contributed by atoms with Crippen LogP contribution in [0, 0.1) is 0 Å². The Bertz CT molecular complexity index is 624. The number of anilines is 1. The molecule has 35 heavy (non-hydrogen) atoms. The average Bonchev–Trinajstić information content (AvgIpc) is 2.82. The number of esters is 1. The standard InChI is InChI=1S/C31H57NO2Si/c1-5-34-31(33)29-23-25-30(26-24-29)32-27-21-19-17-15-13-11-9-7-6-8-10-12-14-16-18-20-22-28-35(2,3)4/h23-26,32H,5-22,27-28H2,1-4H3. The molecule has 202 valence electrons. The number of rotatable bonds is 23. The van der Waals surface area contributed by atoms with Crippen molar-refractivity contribution in [3.05, 3.63) is 29.8 Å². The summed E-state index contributed by atoms with van der Waals surface area (Å²) in [6, 6.07) is 9.10. The molecule has 0 aliphatic rings. The Morgan fingerprint density at radius 1 is 0.657 bits per heavy atom. The van der Waals surface area contributed by atoms with Crippen LogP contribution in [0.15, 0.2) is 24.3 Å². The second kappa shape index (κ2) is 20.9. The molecule has 0 unspecified atom stereocenters. The molecule has 0 fully saturated rings. The molecule has 0 bridgehead atoms. The Balaban J connectivity index is 1.79. The summed E-state index contributed by atoms with van der Waals surface area (Å²) in [4.78, 5) is 11.7. The zero-order chi connectivity index (χ0) is 25.6. The third kappa shape index (κ3) is 19.6. The van der Waals surface area contributed by atoms with E-state index in [-0.39, 0.29) is 5.97 Å². The number of hydrogen-bond donors (Lipinski definition) is 1. The Morgan fingerprint density at radius 3 is 1.46 bits per heavy atom. The zero-order valence-electron chi connectivity index (χ0n) is 23.8. The van der Waals surface area contributed by atoms with E-state index in [0.717, 1.165) is 12.2 Å². The van der Waals surface area contributed by atoms with Crippen LogP contribution in [0.4, 0.5) is 5.69 Å². The SMILES string of the molecule is CCOC(=O)c1ccc(NCCCCCCCCCCCCCCCCCCC[Si](C)(C)C)cc1. The molecule has 1 rings (SSSR count). The fraction of sp³-hybridized carbons (Fsp3) is 0.774. The van der Waals surface area contributed by atoms with Gasteiger partial charge in [-0.05, 0) is 37.6 Å². The van der Waals surface area contributed by atoms with Crippen molar-refractivity contribution in [3.63, 3.8) is 0 Å². The molecule has 1 N–H and O–H groups in total. The molecule has 0 atom stereocenters. The van der Waals surface area contributed by atoms with Gasteiger partial charge in [-0.3, -0.25) is 0 Å². The Kier molecular flexibility index (Phi) is 18.9. The van der Waals surface area contributed by atoms with Gasteiger partial charge in [0.25, 0.3) is 0 Å². The van der Waals surface area contributed by atoms with Gasteiger partial charge in [-0.15, -0.1) is 0 Å². The maximum atomic E-state index is 11.7. The summed E-state index contributed by atoms with van der Waals surface area (Å²) in [5.74, 6) is -0.247. The molecule has 0 saturated heterocycles. The van der Waals surface area contributed by atoms with Crippen LogP contribution in [0.2, 0.25) is 25.7 Å². The largest absolute Gasteiger partial charge is 0.462 e. The Labute approximate surface area is 219 Å². The fourth-order valence-corrected chi connectivity index (χ4v) is 5.91. The van der Waals surface area contributed by atoms with Crippen LogP contribution in [-0.2, 0) is 4.74 Å². The molecule has 0 saturated carbocycles. The van der Waals surface area contributed by atoms with Crippen molar-refractivity contribution < 1.29 is 9.53 Å². The van der Waals surface area contributed by atoms with Crippen LogP contribution in [0.3, 0.4) is 0 Å². The second-order valence-corrected chi connectivity index (χ2v) is 17.2. The lowest BCUT2D eigenvalue weighted by Crippen LogP contribution is -2.18. The molecule has 0 heterocycles. The van der Waals surface area contributed by atoms with E-state index in [0.29, 0.717) is 12.2 Å². The van der Waals surface area contributed by atoms with Crippen molar-refractivity contribution in [2.75, 3.05) is 18.5 Å². The highest BCUT2D eigenvalue weighted by atomic mass is 28.3. The molecule has 0 aliphatic carbocycles. The van der Waals surface area contributed by atoms with Gasteiger partial charge in [0.15, 0.2) is 0 Å². The van der Waals surface area contributed by atoms with Gasteiger partial charge in [-0.25, -0.2) is 4.79 Å². The van der Waals surface area contributed by atoms with Crippen LogP contribution < -0.4 is 5.32 Å². The minimum Gasteiger partial charge on any atom is -0.462 e. The van der Waals surface area contributed by atoms with Gasteiger partial charge in [0.2, 0.25) is 0 Å². The molecule has 4 heteroatoms. The van der Waals surface area contributed by atoms with Crippen molar-refractivity contribution in [1.29, 1.82) is 0 Å². The van der Waals surface area contributed by atoms with Crippen molar-refractivity contribution in [2.24, 2.45) is 0 Å². The highest BCUT2D eigenvalue weighted by Gasteiger charge is 2.11. The Hall–Kier alpha value is -1.29. The predicted molar refractivity (Wildman–Crippen MR) is 158 cm³/mol. The summed E-state index contributed by atoms with van der Waals surface area (Å²) < 4.78 is 5.02. The first kappa shape index (κ1) is 31.7. The number of unbranched alkanes of at least 4 members (excludes halogenated alkanes) is 16. The number of nitrogens with one attached hydrogen (secondary N) is 1. The molecule has 1 aromatic carbocycles. The van der Waals surface area contributed by atoms with E-state index < -0.39 is 8.07 Å². The number of benzene rings is 1. The molecule has 0 spiro atoms. The van der Waals surface area contributed by atoms with Crippen molar-refractivity contribution in [1.82, 2.24) is 0 Å². The van der Waals surface area contributed by atoms with Crippen LogP contribution in [0.25, 0.3) is 0 Å². The lowest BCUT2D eigenvalue weighted by Gasteiger charge is -2.14. The molecule has 0 amide bonds. The number of ether oxygens (including phenoxy) is 1. The smallest absolute Gasteiger partial charge is 0.338 e. The van der Waals surface area contributed by atoms with Gasteiger partial charge in [0, 0.05) is 20.3 Å². The topological polar surface area (TPSA) is 38.3 Å². The first-order valence-corrected chi connectivity index (χ1v) is 18.6. The molecular formula is C31H57NO2Si. The number of hydrogen-bond acceptors (Lipinski definition) is 3. The summed E-state index contributed by atoms with van der Waals surface area (Å²) in [5, 5.41) is 3.45. The van der Waals surface area contributed by atoms with E-state index in [1.165, 1.54) is 115 Å². The molecule has 0 radical (unpaired) electrons. The fourth-order valence-electron chi connectivity index (χ4n) is 4.60. The van der Waals surface area contributed by atoms with Crippen LogP contribution in [0.1, 0.15) is 126 Å². The van der Waals surface area contributed by atoms with Gasteiger partial charge in [0.05, 0.1) is 12.2 Å². The quantitative estimate of drug-likeness (QED) is 0.0916. The second-order valence-electron chi connectivity index (χ2n) is 11.5. The highest BCUT2D eigenvalue weighted by molar-refractivity contribution is 6.76. The van der Waals surface area contributed by atoms with Crippen molar-refractivity contribution in [3.8, 4) is 0 Å². The predicted octanol–water partition coefficient (Wildman–Crippen LogP) is 10.2. The summed E-state index contributed by atoms with van der Waals surface area (Å²) >= 11 is 0. The zero-order valence-corrected chi connectivity index (χ0v) is 24.8. The molecule has 1 aromatic rings. The molecular weight excluding hydrogens is 446 g/mol. The third-order valence-electron chi connectivity index (χ3n) is 6.83. The van der Waals surface area contributed by atoms with E-state index in [9.17, 15) is 4.79 Å². The maximum Gasteiger partial charge on any atom is 0.338 e. The van der Waals surface area contributed by atoms with E-state index >= 15 is 0 Å². The first-order chi connectivity index (χ1) is 16.9. The van der Waals surface area contributed by atoms with E-state index in [2.05, 4.69) is 25.0 Å². The highest BCUT2D eigenvalue weighted by Crippen LogP contribution is 2.17. The van der Waals surface area contributed by atoms with Crippen LogP contribution in [-0.4, -0.2) is 27.2 Å². The summed E-state index contributed by atoms with van der Waals surface area (Å²) in [6.45, 7) is 10.7. The maximum absolute atomic E-state index is 11.7. The van der Waals surface area contributed by atoms with Gasteiger partial charge in [0.1, 0.15) is 0 Å². The van der Waals surface area contributed by atoms with Gasteiger partial charge in [-0.2, -0.15) is 0 Å². The number of carbonyl (C=O) groups excluding carboxylic acids is 1. The molecule has 0 aliphatic heterocycles. The normalized spacial score (nSPS) is 11.5. The third-order valence-corrected chi connectivity index (χ3v) is 8.68. The molecule has 3 nitrogen and oxygen atoms in total. The minimum atomic E-state index is -0.799. The van der Waals surface area contributed by atoms with E-state index in [1.54, 1.807) is 0 Å². The van der Waals surface area contributed by atoms with Crippen LogP contribution >= 0.6 is 0 Å². The van der Waals surface area contributed by atoms with Crippen molar-refractivity contribution in [2.45, 2.75) is 142 Å². The summed E-state index contributed by atoms with van der Waals surface area (Å²) in [6.07, 6.45) is 24.1. The summed E-state index contributed by atoms with van der Waals surface area (Å²) in [7, 11) is -0.799.